The number of halogens is 1. The number of benzene rings is 1. The lowest BCUT2D eigenvalue weighted by atomic mass is 10.1. The van der Waals surface area contributed by atoms with Gasteiger partial charge in [0.1, 0.15) is 0 Å². The number of rotatable bonds is 2. The molecule has 0 radical (unpaired) electrons. The number of hydrogen-bond acceptors (Lipinski definition) is 1. The van der Waals surface area contributed by atoms with Gasteiger partial charge in [-0.1, -0.05) is 36.4 Å². The van der Waals surface area contributed by atoms with Crippen molar-refractivity contribution in [2.24, 2.45) is 0 Å². The van der Waals surface area contributed by atoms with E-state index in [4.69, 9.17) is 11.6 Å². The molecule has 1 nitrogen and oxygen atoms in total. The Labute approximate surface area is 88.4 Å². The molecule has 2 rings (SSSR count). The number of pyridine rings is 1. The fourth-order valence-corrected chi connectivity index (χ4v) is 1.47. The topological polar surface area (TPSA) is 12.9 Å². The Balaban J connectivity index is 2.42. The second kappa shape index (κ2) is 4.25. The van der Waals surface area contributed by atoms with E-state index in [1.165, 1.54) is 0 Å². The summed E-state index contributed by atoms with van der Waals surface area (Å²) in [6, 6.07) is 16.0. The molecule has 0 aliphatic carbocycles. The van der Waals surface area contributed by atoms with Crippen molar-refractivity contribution in [1.29, 1.82) is 0 Å². The summed E-state index contributed by atoms with van der Waals surface area (Å²) in [4.78, 5) is 4.43. The average Bonchev–Trinajstić information content (AvgIpc) is 2.30. The Bertz CT molecular complexity index is 412. The van der Waals surface area contributed by atoms with E-state index in [2.05, 4.69) is 4.98 Å². The minimum absolute atomic E-state index is 0.459. The zero-order chi connectivity index (χ0) is 9.80. The minimum atomic E-state index is 0.459. The van der Waals surface area contributed by atoms with Crippen molar-refractivity contribution in [3.05, 3.63) is 54.2 Å². The first-order valence-electron chi connectivity index (χ1n) is 4.47. The smallest absolute Gasteiger partial charge is 0.0705 e. The second-order valence-electron chi connectivity index (χ2n) is 3.01. The Kier molecular flexibility index (Phi) is 2.80. The van der Waals surface area contributed by atoms with E-state index in [9.17, 15) is 0 Å². The van der Waals surface area contributed by atoms with Gasteiger partial charge in [-0.3, -0.25) is 4.98 Å². The lowest BCUT2D eigenvalue weighted by molar-refractivity contribution is 1.17. The van der Waals surface area contributed by atoms with Crippen molar-refractivity contribution in [1.82, 2.24) is 4.98 Å². The van der Waals surface area contributed by atoms with E-state index in [0.29, 0.717) is 5.88 Å². The van der Waals surface area contributed by atoms with Crippen LogP contribution < -0.4 is 0 Å². The van der Waals surface area contributed by atoms with E-state index in [-0.39, 0.29) is 0 Å². The van der Waals surface area contributed by atoms with Crippen molar-refractivity contribution in [3.63, 3.8) is 0 Å². The third-order valence-electron chi connectivity index (χ3n) is 2.01. The highest BCUT2D eigenvalue weighted by Crippen LogP contribution is 2.16. The highest BCUT2D eigenvalue weighted by Gasteiger charge is 1.98. The molecule has 70 valence electrons. The van der Waals surface area contributed by atoms with Crippen LogP contribution in [-0.4, -0.2) is 4.98 Å². The summed E-state index contributed by atoms with van der Waals surface area (Å²) in [5.41, 5.74) is 3.01. The summed E-state index contributed by atoms with van der Waals surface area (Å²) in [6.07, 6.45) is 0. The Morgan fingerprint density at radius 1 is 0.929 bits per heavy atom. The molecule has 1 heterocycles. The van der Waals surface area contributed by atoms with Gasteiger partial charge in [-0.05, 0) is 12.1 Å². The van der Waals surface area contributed by atoms with Crippen molar-refractivity contribution in [2.75, 3.05) is 0 Å². The monoisotopic (exact) mass is 203 g/mol. The lowest BCUT2D eigenvalue weighted by Crippen LogP contribution is -1.87. The fraction of sp³-hybridized carbons (Fsp3) is 0.0833. The molecule has 0 saturated heterocycles. The SMILES string of the molecule is ClCc1cccc(-c2ccccc2)n1. The van der Waals surface area contributed by atoms with Crippen LogP contribution in [0.3, 0.4) is 0 Å². The molecular formula is C12H10ClN. The molecule has 0 unspecified atom stereocenters. The van der Waals surface area contributed by atoms with Crippen LogP contribution in [0, 0.1) is 0 Å². The zero-order valence-corrected chi connectivity index (χ0v) is 8.41. The second-order valence-corrected chi connectivity index (χ2v) is 3.28. The summed E-state index contributed by atoms with van der Waals surface area (Å²) in [5, 5.41) is 0. The van der Waals surface area contributed by atoms with Crippen LogP contribution in [0.4, 0.5) is 0 Å². The molecule has 0 aliphatic rings. The van der Waals surface area contributed by atoms with Gasteiger partial charge in [0.2, 0.25) is 0 Å². The predicted octanol–water partition coefficient (Wildman–Crippen LogP) is 3.49. The van der Waals surface area contributed by atoms with E-state index < -0.39 is 0 Å². The highest BCUT2D eigenvalue weighted by molar-refractivity contribution is 6.16. The number of alkyl halides is 1. The molecule has 0 N–H and O–H groups in total. The van der Waals surface area contributed by atoms with Crippen LogP contribution in [0.25, 0.3) is 11.3 Å². The van der Waals surface area contributed by atoms with Crippen LogP contribution in [0.15, 0.2) is 48.5 Å². The average molecular weight is 204 g/mol. The first kappa shape index (κ1) is 9.22. The van der Waals surface area contributed by atoms with E-state index in [0.717, 1.165) is 17.0 Å². The first-order valence-corrected chi connectivity index (χ1v) is 5.01. The molecule has 0 spiro atoms. The van der Waals surface area contributed by atoms with Crippen LogP contribution >= 0.6 is 11.6 Å². The van der Waals surface area contributed by atoms with Crippen molar-refractivity contribution in [3.8, 4) is 11.3 Å². The standard InChI is InChI=1S/C12H10ClN/c13-9-11-7-4-8-12(14-11)10-5-2-1-3-6-10/h1-8H,9H2. The van der Waals surface area contributed by atoms with Gasteiger partial charge >= 0.3 is 0 Å². The van der Waals surface area contributed by atoms with Crippen molar-refractivity contribution < 1.29 is 0 Å². The number of nitrogens with zero attached hydrogens (tertiary/aromatic N) is 1. The van der Waals surface area contributed by atoms with Gasteiger partial charge in [-0.2, -0.15) is 0 Å². The highest BCUT2D eigenvalue weighted by atomic mass is 35.5. The Hall–Kier alpha value is -1.34. The lowest BCUT2D eigenvalue weighted by Gasteiger charge is -2.01. The normalized spacial score (nSPS) is 10.1. The van der Waals surface area contributed by atoms with Crippen LogP contribution in [0.5, 0.6) is 0 Å². The Morgan fingerprint density at radius 2 is 1.71 bits per heavy atom. The van der Waals surface area contributed by atoms with Crippen molar-refractivity contribution >= 4 is 11.6 Å². The molecule has 0 aliphatic heterocycles. The first-order chi connectivity index (χ1) is 6.90. The summed E-state index contributed by atoms with van der Waals surface area (Å²) in [6.45, 7) is 0. The van der Waals surface area contributed by atoms with Gasteiger partial charge in [-0.25, -0.2) is 0 Å². The number of hydrogen-bond donors (Lipinski definition) is 0. The molecule has 0 amide bonds. The maximum atomic E-state index is 5.72. The molecule has 0 bridgehead atoms. The van der Waals surface area contributed by atoms with Gasteiger partial charge in [0, 0.05) is 5.56 Å². The van der Waals surface area contributed by atoms with Gasteiger partial charge < -0.3 is 0 Å². The van der Waals surface area contributed by atoms with Crippen LogP contribution in [0.2, 0.25) is 0 Å². The molecular weight excluding hydrogens is 194 g/mol. The summed E-state index contributed by atoms with van der Waals surface area (Å²) >= 11 is 5.72. The molecule has 2 aromatic rings. The molecule has 1 aromatic carbocycles. The zero-order valence-electron chi connectivity index (χ0n) is 7.65. The van der Waals surface area contributed by atoms with Crippen LogP contribution in [-0.2, 0) is 5.88 Å². The molecule has 14 heavy (non-hydrogen) atoms. The third kappa shape index (κ3) is 1.94. The van der Waals surface area contributed by atoms with Gasteiger partial charge in [0.15, 0.2) is 0 Å². The summed E-state index contributed by atoms with van der Waals surface area (Å²) in [7, 11) is 0. The van der Waals surface area contributed by atoms with E-state index in [1.54, 1.807) is 0 Å². The molecule has 0 saturated carbocycles. The molecule has 0 atom stereocenters. The van der Waals surface area contributed by atoms with E-state index >= 15 is 0 Å². The van der Waals surface area contributed by atoms with Crippen molar-refractivity contribution in [2.45, 2.75) is 5.88 Å². The molecule has 2 heteroatoms. The third-order valence-corrected chi connectivity index (χ3v) is 2.29. The summed E-state index contributed by atoms with van der Waals surface area (Å²) in [5.74, 6) is 0.459. The van der Waals surface area contributed by atoms with Gasteiger partial charge in [0.05, 0.1) is 17.3 Å². The van der Waals surface area contributed by atoms with Gasteiger partial charge in [0.25, 0.3) is 0 Å². The fourth-order valence-electron chi connectivity index (χ4n) is 1.32. The van der Waals surface area contributed by atoms with E-state index in [1.807, 2.05) is 48.5 Å². The predicted molar refractivity (Wildman–Crippen MR) is 59.2 cm³/mol. The van der Waals surface area contributed by atoms with Gasteiger partial charge in [-0.15, -0.1) is 11.6 Å². The minimum Gasteiger partial charge on any atom is -0.252 e. The molecule has 0 fully saturated rings. The maximum Gasteiger partial charge on any atom is 0.0705 e. The maximum absolute atomic E-state index is 5.72. The number of aromatic nitrogens is 1. The quantitative estimate of drug-likeness (QED) is 0.681. The summed E-state index contributed by atoms with van der Waals surface area (Å²) < 4.78 is 0. The molecule has 1 aromatic heterocycles. The largest absolute Gasteiger partial charge is 0.252 e. The Morgan fingerprint density at radius 3 is 2.43 bits per heavy atom. The van der Waals surface area contributed by atoms with Crippen LogP contribution in [0.1, 0.15) is 5.69 Å².